The van der Waals surface area contributed by atoms with E-state index in [1.54, 1.807) is 24.4 Å². The summed E-state index contributed by atoms with van der Waals surface area (Å²) < 4.78 is 23.4. The highest BCUT2D eigenvalue weighted by Gasteiger charge is 2.19. The fourth-order valence-corrected chi connectivity index (χ4v) is 3.51. The Morgan fingerprint density at radius 1 is 1.36 bits per heavy atom. The number of nitrogens with two attached hydrogens (primary N) is 1. The first-order chi connectivity index (χ1) is 11.8. The second kappa shape index (κ2) is 6.97. The molecule has 0 aliphatic carbocycles. The molecule has 134 valence electrons. The Labute approximate surface area is 148 Å². The van der Waals surface area contributed by atoms with E-state index in [0.29, 0.717) is 17.5 Å². The summed E-state index contributed by atoms with van der Waals surface area (Å²) in [7, 11) is -3.25. The lowest BCUT2D eigenvalue weighted by Gasteiger charge is -2.31. The van der Waals surface area contributed by atoms with Gasteiger partial charge in [-0.3, -0.25) is 0 Å². The smallest absolute Gasteiger partial charge is 0.227 e. The van der Waals surface area contributed by atoms with Crippen LogP contribution in [0.15, 0.2) is 35.4 Å². The minimum absolute atomic E-state index is 0.140. The van der Waals surface area contributed by atoms with Crippen LogP contribution < -0.4 is 16.0 Å². The fraction of sp³-hybridized carbons (Fsp3) is 0.412. The number of benzene rings is 1. The van der Waals surface area contributed by atoms with Crippen LogP contribution in [0.4, 0.5) is 17.5 Å². The second-order valence-electron chi connectivity index (χ2n) is 6.47. The third-order valence-electron chi connectivity index (χ3n) is 4.22. The molecule has 0 unspecified atom stereocenters. The molecular formula is C17H23N5O2S. The van der Waals surface area contributed by atoms with Crippen LogP contribution in [0.25, 0.3) is 0 Å². The topological polar surface area (TPSA) is 101 Å². The van der Waals surface area contributed by atoms with Gasteiger partial charge in [0.15, 0.2) is 9.84 Å². The highest BCUT2D eigenvalue weighted by molar-refractivity contribution is 7.90. The molecule has 0 radical (unpaired) electrons. The van der Waals surface area contributed by atoms with Crippen molar-refractivity contribution in [2.45, 2.75) is 30.7 Å². The van der Waals surface area contributed by atoms with Crippen molar-refractivity contribution in [2.75, 3.05) is 29.6 Å². The molecule has 7 nitrogen and oxygen atoms in total. The molecule has 2 aromatic rings. The van der Waals surface area contributed by atoms with Gasteiger partial charge in [0.2, 0.25) is 5.95 Å². The van der Waals surface area contributed by atoms with Crippen molar-refractivity contribution in [3.05, 3.63) is 36.0 Å². The predicted molar refractivity (Wildman–Crippen MR) is 99.0 cm³/mol. The van der Waals surface area contributed by atoms with E-state index < -0.39 is 9.84 Å². The van der Waals surface area contributed by atoms with E-state index >= 15 is 0 Å². The quantitative estimate of drug-likeness (QED) is 0.857. The Bertz CT molecular complexity index is 869. The predicted octanol–water partition coefficient (Wildman–Crippen LogP) is 1.86. The van der Waals surface area contributed by atoms with Crippen molar-refractivity contribution in [3.8, 4) is 0 Å². The first-order valence-corrected chi connectivity index (χ1v) is 10.1. The van der Waals surface area contributed by atoms with E-state index in [1.165, 1.54) is 6.26 Å². The Hall–Kier alpha value is -2.19. The van der Waals surface area contributed by atoms with Gasteiger partial charge in [0.05, 0.1) is 4.90 Å². The molecule has 1 aliphatic rings. The Morgan fingerprint density at radius 2 is 2.16 bits per heavy atom. The van der Waals surface area contributed by atoms with Crippen LogP contribution >= 0.6 is 0 Å². The Morgan fingerprint density at radius 3 is 2.88 bits per heavy atom. The zero-order valence-corrected chi connectivity index (χ0v) is 15.3. The third kappa shape index (κ3) is 4.26. The van der Waals surface area contributed by atoms with Crippen molar-refractivity contribution in [1.82, 2.24) is 9.97 Å². The molecule has 0 spiro atoms. The summed E-state index contributed by atoms with van der Waals surface area (Å²) >= 11 is 0. The van der Waals surface area contributed by atoms with E-state index in [9.17, 15) is 8.42 Å². The maximum atomic E-state index is 11.7. The molecule has 1 aromatic heterocycles. The van der Waals surface area contributed by atoms with Gasteiger partial charge in [-0.1, -0.05) is 6.07 Å². The average Bonchev–Trinajstić information content (AvgIpc) is 2.56. The summed E-state index contributed by atoms with van der Waals surface area (Å²) in [6.45, 7) is 3.54. The van der Waals surface area contributed by atoms with Crippen LogP contribution in [0.3, 0.4) is 0 Å². The molecule has 0 amide bonds. The zero-order valence-electron chi connectivity index (χ0n) is 14.4. The first-order valence-electron chi connectivity index (χ1n) is 8.24. The molecule has 8 heteroatoms. The lowest BCUT2D eigenvalue weighted by atomic mass is 10.1. The van der Waals surface area contributed by atoms with E-state index in [4.69, 9.17) is 5.73 Å². The van der Waals surface area contributed by atoms with Gasteiger partial charge in [-0.15, -0.1) is 0 Å². The van der Waals surface area contributed by atoms with Crippen LogP contribution in [0.5, 0.6) is 0 Å². The van der Waals surface area contributed by atoms with Gasteiger partial charge >= 0.3 is 0 Å². The van der Waals surface area contributed by atoms with Gasteiger partial charge in [-0.05, 0) is 38.0 Å². The number of aromatic nitrogens is 2. The second-order valence-corrected chi connectivity index (χ2v) is 8.49. The van der Waals surface area contributed by atoms with Crippen LogP contribution in [-0.2, 0) is 9.84 Å². The molecule has 1 atom stereocenters. The maximum Gasteiger partial charge on any atom is 0.227 e. The molecule has 1 aliphatic heterocycles. The number of hydrogen-bond donors (Lipinski definition) is 2. The highest BCUT2D eigenvalue weighted by Crippen LogP contribution is 2.23. The van der Waals surface area contributed by atoms with Gasteiger partial charge in [-0.2, -0.15) is 4.98 Å². The van der Waals surface area contributed by atoms with Crippen molar-refractivity contribution in [3.63, 3.8) is 0 Å². The number of hydrogen-bond acceptors (Lipinski definition) is 7. The molecule has 0 saturated carbocycles. The summed E-state index contributed by atoms with van der Waals surface area (Å²) in [6.07, 6.45) is 5.01. The number of nitrogens with one attached hydrogen (secondary N) is 1. The zero-order chi connectivity index (χ0) is 18.0. The van der Waals surface area contributed by atoms with Gasteiger partial charge in [0, 0.05) is 42.8 Å². The fourth-order valence-electron chi connectivity index (χ4n) is 2.84. The summed E-state index contributed by atoms with van der Waals surface area (Å²) in [4.78, 5) is 11.4. The molecule has 3 rings (SSSR count). The minimum Gasteiger partial charge on any atom is -0.340 e. The van der Waals surface area contributed by atoms with E-state index in [-0.39, 0.29) is 10.9 Å². The van der Waals surface area contributed by atoms with Gasteiger partial charge in [0.25, 0.3) is 0 Å². The standard InChI is InChI=1S/C17H23N5O2S/c1-12-10-19-17(22-8-4-5-13(18)11-22)21-16(12)20-14-6-3-7-15(9-14)25(2,23)24/h3,6-7,9-10,13H,4-5,8,11,18H2,1-2H3,(H,19,20,21)/t13-/m0/s1. The SMILES string of the molecule is Cc1cnc(N2CCC[C@H](N)C2)nc1Nc1cccc(S(C)(=O)=O)c1. The van der Waals surface area contributed by atoms with Gasteiger partial charge in [-0.25, -0.2) is 13.4 Å². The van der Waals surface area contributed by atoms with Crippen LogP contribution in [-0.4, -0.2) is 43.8 Å². The van der Waals surface area contributed by atoms with Crippen molar-refractivity contribution >= 4 is 27.3 Å². The van der Waals surface area contributed by atoms with E-state index in [2.05, 4.69) is 20.2 Å². The third-order valence-corrected chi connectivity index (χ3v) is 5.33. The molecule has 25 heavy (non-hydrogen) atoms. The molecule has 3 N–H and O–H groups in total. The average molecular weight is 361 g/mol. The van der Waals surface area contributed by atoms with E-state index in [0.717, 1.165) is 31.5 Å². The summed E-state index contributed by atoms with van der Waals surface area (Å²) in [6, 6.07) is 6.84. The minimum atomic E-state index is -3.25. The molecule has 1 aromatic carbocycles. The number of nitrogens with zero attached hydrogens (tertiary/aromatic N) is 3. The monoisotopic (exact) mass is 361 g/mol. The van der Waals surface area contributed by atoms with Crippen LogP contribution in [0.1, 0.15) is 18.4 Å². The number of piperidine rings is 1. The largest absolute Gasteiger partial charge is 0.340 e. The molecule has 1 saturated heterocycles. The lowest BCUT2D eigenvalue weighted by Crippen LogP contribution is -2.43. The Kier molecular flexibility index (Phi) is 4.91. The van der Waals surface area contributed by atoms with E-state index in [1.807, 2.05) is 13.0 Å². The highest BCUT2D eigenvalue weighted by atomic mass is 32.2. The molecular weight excluding hydrogens is 338 g/mol. The normalized spacial score (nSPS) is 18.2. The number of sulfone groups is 1. The van der Waals surface area contributed by atoms with Gasteiger partial charge < -0.3 is 16.0 Å². The molecule has 2 heterocycles. The van der Waals surface area contributed by atoms with Crippen molar-refractivity contribution < 1.29 is 8.42 Å². The van der Waals surface area contributed by atoms with Gasteiger partial charge in [0.1, 0.15) is 5.82 Å². The summed E-state index contributed by atoms with van der Waals surface area (Å²) in [5.74, 6) is 1.30. The molecule has 1 fully saturated rings. The molecule has 0 bridgehead atoms. The summed E-state index contributed by atoms with van der Waals surface area (Å²) in [5, 5.41) is 3.20. The Balaban J connectivity index is 1.86. The van der Waals surface area contributed by atoms with Crippen LogP contribution in [0.2, 0.25) is 0 Å². The maximum absolute atomic E-state index is 11.7. The summed E-state index contributed by atoms with van der Waals surface area (Å²) in [5.41, 5.74) is 7.60. The van der Waals surface area contributed by atoms with Crippen molar-refractivity contribution in [2.24, 2.45) is 5.73 Å². The lowest BCUT2D eigenvalue weighted by molar-refractivity contribution is 0.500. The van der Waals surface area contributed by atoms with Crippen LogP contribution in [0, 0.1) is 6.92 Å². The number of rotatable bonds is 4. The first kappa shape index (κ1) is 17.6. The van der Waals surface area contributed by atoms with Crippen molar-refractivity contribution in [1.29, 1.82) is 0 Å². The number of aryl methyl sites for hydroxylation is 1. The number of anilines is 3.